The van der Waals surface area contributed by atoms with Gasteiger partial charge in [-0.3, -0.25) is 0 Å². The lowest BCUT2D eigenvalue weighted by Gasteiger charge is -2.23. The highest BCUT2D eigenvalue weighted by atomic mass is 16.3. The van der Waals surface area contributed by atoms with Crippen molar-refractivity contribution in [2.45, 2.75) is 31.8 Å². The zero-order valence-corrected chi connectivity index (χ0v) is 13.1. The van der Waals surface area contributed by atoms with Crippen LogP contribution < -0.4 is 10.6 Å². The molecule has 0 aliphatic heterocycles. The first-order valence-electron chi connectivity index (χ1n) is 8.10. The highest BCUT2D eigenvalue weighted by Gasteiger charge is 2.19. The fraction of sp³-hybridized carbons (Fsp3) is 0.316. The number of nitrogens with one attached hydrogen (secondary N) is 2. The molecule has 0 aromatic heterocycles. The Hall–Kier alpha value is -2.33. The number of urea groups is 1. The van der Waals surface area contributed by atoms with E-state index in [0.29, 0.717) is 13.0 Å². The highest BCUT2D eigenvalue weighted by Crippen LogP contribution is 2.28. The molecule has 2 aromatic rings. The van der Waals surface area contributed by atoms with E-state index in [4.69, 9.17) is 0 Å². The van der Waals surface area contributed by atoms with E-state index in [1.54, 1.807) is 0 Å². The van der Waals surface area contributed by atoms with Crippen LogP contribution in [-0.4, -0.2) is 23.8 Å². The molecule has 3 N–H and O–H groups in total. The van der Waals surface area contributed by atoms with Crippen molar-refractivity contribution in [3.05, 3.63) is 65.2 Å². The Bertz CT molecular complexity index is 670. The minimum Gasteiger partial charge on any atom is -0.393 e. The normalized spacial score (nSPS) is 16.5. The zero-order chi connectivity index (χ0) is 16.1. The molecule has 0 radical (unpaired) electrons. The number of hydrogen-bond acceptors (Lipinski definition) is 2. The fourth-order valence-electron chi connectivity index (χ4n) is 3.02. The molecule has 1 aliphatic carbocycles. The number of aryl methyl sites for hydroxylation is 1. The van der Waals surface area contributed by atoms with Crippen molar-refractivity contribution in [2.75, 3.05) is 11.9 Å². The molecule has 2 aromatic carbocycles. The van der Waals surface area contributed by atoms with E-state index < -0.39 is 0 Å². The number of anilines is 1. The van der Waals surface area contributed by atoms with Gasteiger partial charge in [0.25, 0.3) is 0 Å². The third kappa shape index (κ3) is 4.11. The number of amides is 2. The van der Waals surface area contributed by atoms with Gasteiger partial charge < -0.3 is 15.7 Å². The van der Waals surface area contributed by atoms with Gasteiger partial charge in [-0.15, -0.1) is 0 Å². The van der Waals surface area contributed by atoms with E-state index in [2.05, 4.69) is 28.8 Å². The first-order chi connectivity index (χ1) is 11.2. The van der Waals surface area contributed by atoms with E-state index in [9.17, 15) is 9.90 Å². The second-order valence-corrected chi connectivity index (χ2v) is 5.96. The Labute approximate surface area is 136 Å². The summed E-state index contributed by atoms with van der Waals surface area (Å²) in [6, 6.07) is 15.8. The second kappa shape index (κ2) is 7.29. The van der Waals surface area contributed by atoms with E-state index in [1.165, 1.54) is 11.1 Å². The Morgan fingerprint density at radius 2 is 1.96 bits per heavy atom. The number of hydrogen-bond donors (Lipinski definition) is 3. The summed E-state index contributed by atoms with van der Waals surface area (Å²) in [5.41, 5.74) is 4.29. The summed E-state index contributed by atoms with van der Waals surface area (Å²) in [7, 11) is 0. The van der Waals surface area contributed by atoms with Gasteiger partial charge in [0.2, 0.25) is 0 Å². The van der Waals surface area contributed by atoms with Crippen LogP contribution in [0.4, 0.5) is 10.5 Å². The molecule has 3 rings (SSSR count). The van der Waals surface area contributed by atoms with Crippen LogP contribution in [0.1, 0.15) is 23.1 Å². The smallest absolute Gasteiger partial charge is 0.319 e. The molecular weight excluding hydrogens is 288 g/mol. The Kier molecular flexibility index (Phi) is 4.93. The van der Waals surface area contributed by atoms with Crippen LogP contribution in [0, 0.1) is 0 Å². The van der Waals surface area contributed by atoms with Gasteiger partial charge in [0.1, 0.15) is 0 Å². The first kappa shape index (κ1) is 15.6. The van der Waals surface area contributed by atoms with Crippen molar-refractivity contribution in [2.24, 2.45) is 0 Å². The van der Waals surface area contributed by atoms with Crippen LogP contribution in [0.15, 0.2) is 48.5 Å². The molecule has 120 valence electrons. The first-order valence-corrected chi connectivity index (χ1v) is 8.10. The van der Waals surface area contributed by atoms with Gasteiger partial charge in [0.05, 0.1) is 6.10 Å². The largest absolute Gasteiger partial charge is 0.393 e. The molecule has 0 fully saturated rings. The summed E-state index contributed by atoms with van der Waals surface area (Å²) in [6.45, 7) is 0.591. The minimum atomic E-state index is -0.313. The van der Waals surface area contributed by atoms with Crippen LogP contribution in [0.3, 0.4) is 0 Å². The standard InChI is InChI=1S/C19H22N2O2/c22-16-10-9-15-7-4-8-18(17(15)13-16)21-19(23)20-12-11-14-5-2-1-3-6-14/h1-8,16,22H,9-13H2,(H2,20,21,23)/t16-/m0/s1. The van der Waals surface area contributed by atoms with Gasteiger partial charge in [-0.05, 0) is 42.0 Å². The Morgan fingerprint density at radius 1 is 1.13 bits per heavy atom. The molecule has 23 heavy (non-hydrogen) atoms. The maximum Gasteiger partial charge on any atom is 0.319 e. The van der Waals surface area contributed by atoms with E-state index in [-0.39, 0.29) is 12.1 Å². The van der Waals surface area contributed by atoms with Crippen LogP contribution >= 0.6 is 0 Å². The van der Waals surface area contributed by atoms with Crippen LogP contribution in [0.25, 0.3) is 0 Å². The second-order valence-electron chi connectivity index (χ2n) is 5.96. The van der Waals surface area contributed by atoms with Gasteiger partial charge in [0.15, 0.2) is 0 Å². The number of carbonyl (C=O) groups is 1. The summed E-state index contributed by atoms with van der Waals surface area (Å²) < 4.78 is 0. The third-order valence-corrected chi connectivity index (χ3v) is 4.25. The maximum absolute atomic E-state index is 12.1. The lowest BCUT2D eigenvalue weighted by Crippen LogP contribution is -2.31. The van der Waals surface area contributed by atoms with Crippen molar-refractivity contribution in [3.63, 3.8) is 0 Å². The lowest BCUT2D eigenvalue weighted by molar-refractivity contribution is 0.159. The number of carbonyl (C=O) groups excluding carboxylic acids is 1. The molecule has 4 nitrogen and oxygen atoms in total. The molecule has 4 heteroatoms. The van der Waals surface area contributed by atoms with E-state index in [1.807, 2.05) is 30.3 Å². The van der Waals surface area contributed by atoms with Crippen LogP contribution in [0.2, 0.25) is 0 Å². The minimum absolute atomic E-state index is 0.200. The van der Waals surface area contributed by atoms with Gasteiger partial charge in [-0.25, -0.2) is 4.79 Å². The molecule has 0 heterocycles. The molecule has 0 bridgehead atoms. The van der Waals surface area contributed by atoms with E-state index >= 15 is 0 Å². The molecule has 0 spiro atoms. The molecule has 2 amide bonds. The number of benzene rings is 2. The van der Waals surface area contributed by atoms with Gasteiger partial charge in [0, 0.05) is 18.7 Å². The predicted molar refractivity (Wildman–Crippen MR) is 91.6 cm³/mol. The van der Waals surface area contributed by atoms with E-state index in [0.717, 1.165) is 30.5 Å². The Balaban J connectivity index is 1.56. The summed E-state index contributed by atoms with van der Waals surface area (Å²) in [5, 5.41) is 15.7. The summed E-state index contributed by atoms with van der Waals surface area (Å²) in [6.07, 6.45) is 2.75. The monoisotopic (exact) mass is 310 g/mol. The van der Waals surface area contributed by atoms with Crippen molar-refractivity contribution in [3.8, 4) is 0 Å². The zero-order valence-electron chi connectivity index (χ0n) is 13.1. The van der Waals surface area contributed by atoms with Crippen molar-refractivity contribution in [1.82, 2.24) is 5.32 Å². The maximum atomic E-state index is 12.1. The van der Waals surface area contributed by atoms with Crippen LogP contribution in [-0.2, 0) is 19.3 Å². The summed E-state index contributed by atoms with van der Waals surface area (Å²) in [4.78, 5) is 12.1. The number of aliphatic hydroxyl groups excluding tert-OH is 1. The molecule has 0 unspecified atom stereocenters. The quantitative estimate of drug-likeness (QED) is 0.813. The average molecular weight is 310 g/mol. The molecular formula is C19H22N2O2. The average Bonchev–Trinajstić information content (AvgIpc) is 2.56. The van der Waals surface area contributed by atoms with Crippen molar-refractivity contribution >= 4 is 11.7 Å². The molecule has 0 saturated carbocycles. The highest BCUT2D eigenvalue weighted by molar-refractivity contribution is 5.90. The predicted octanol–water partition coefficient (Wildman–Crippen LogP) is 2.90. The molecule has 1 aliphatic rings. The topological polar surface area (TPSA) is 61.4 Å². The third-order valence-electron chi connectivity index (χ3n) is 4.25. The fourth-order valence-corrected chi connectivity index (χ4v) is 3.02. The number of aliphatic hydroxyl groups is 1. The molecule has 0 saturated heterocycles. The number of fused-ring (bicyclic) bond motifs is 1. The SMILES string of the molecule is O=C(NCCc1ccccc1)Nc1cccc2c1C[C@@H](O)CC2. The van der Waals surface area contributed by atoms with Crippen LogP contribution in [0.5, 0.6) is 0 Å². The number of rotatable bonds is 4. The van der Waals surface area contributed by atoms with Gasteiger partial charge in [-0.2, -0.15) is 0 Å². The molecule has 1 atom stereocenters. The Morgan fingerprint density at radius 3 is 2.78 bits per heavy atom. The van der Waals surface area contributed by atoms with Crippen molar-refractivity contribution in [1.29, 1.82) is 0 Å². The van der Waals surface area contributed by atoms with Gasteiger partial charge >= 0.3 is 6.03 Å². The summed E-state index contributed by atoms with van der Waals surface area (Å²) >= 11 is 0. The van der Waals surface area contributed by atoms with Gasteiger partial charge in [-0.1, -0.05) is 42.5 Å². The summed E-state index contributed by atoms with van der Waals surface area (Å²) in [5.74, 6) is 0. The lowest BCUT2D eigenvalue weighted by atomic mass is 9.88. The van der Waals surface area contributed by atoms with Crippen molar-refractivity contribution < 1.29 is 9.90 Å².